The van der Waals surface area contributed by atoms with Gasteiger partial charge in [0.05, 0.1) is 10.1 Å². The number of piperidine rings is 2. The zero-order valence-electron chi connectivity index (χ0n) is 26.9. The zero-order valence-corrected chi connectivity index (χ0v) is 27.7. The Hall–Kier alpha value is -2.64. The van der Waals surface area contributed by atoms with Crippen LogP contribution in [-0.4, -0.2) is 75.2 Å². The van der Waals surface area contributed by atoms with Crippen LogP contribution in [0, 0.1) is 17.8 Å². The number of aryl methyl sites for hydroxylation is 1. The third-order valence-corrected chi connectivity index (χ3v) is 14.6. The SMILES string of the molecule is C=CC(=O)N1CCC(S(=O)(=O)c2ccc(N3CC(CN4CCC(C5(C6CCCC6)CCCc6ccccc65)CC4)C3)cc2)CC1. The molecule has 6 nitrogen and oxygen atoms in total. The second-order valence-electron chi connectivity index (χ2n) is 14.6. The van der Waals surface area contributed by atoms with Crippen LogP contribution in [-0.2, 0) is 26.5 Å². The highest BCUT2D eigenvalue weighted by Gasteiger charge is 2.49. The van der Waals surface area contributed by atoms with Gasteiger partial charge in [0, 0.05) is 49.7 Å². The minimum atomic E-state index is -3.41. The average Bonchev–Trinajstić information content (AvgIpc) is 3.62. The summed E-state index contributed by atoms with van der Waals surface area (Å²) in [6.07, 6.45) is 14.6. The Kier molecular flexibility index (Phi) is 8.86. The van der Waals surface area contributed by atoms with Gasteiger partial charge in [0.15, 0.2) is 9.84 Å². The van der Waals surface area contributed by atoms with Crippen molar-refractivity contribution in [3.8, 4) is 0 Å². The lowest BCUT2D eigenvalue weighted by atomic mass is 9.54. The number of anilines is 1. The van der Waals surface area contributed by atoms with Gasteiger partial charge in [-0.25, -0.2) is 8.42 Å². The fraction of sp³-hybridized carbons (Fsp3) is 0.605. The van der Waals surface area contributed by atoms with E-state index in [0.717, 1.165) is 30.6 Å². The maximum Gasteiger partial charge on any atom is 0.245 e. The van der Waals surface area contributed by atoms with Crippen LogP contribution >= 0.6 is 0 Å². The number of carbonyl (C=O) groups excluding carboxylic acids is 1. The van der Waals surface area contributed by atoms with Crippen LogP contribution in [0.2, 0.25) is 0 Å². The molecule has 1 saturated carbocycles. The Morgan fingerprint density at radius 1 is 0.844 bits per heavy atom. The number of rotatable bonds is 8. The molecule has 1 unspecified atom stereocenters. The molecule has 1 atom stereocenters. The molecule has 2 aromatic carbocycles. The molecule has 5 aliphatic rings. The molecule has 45 heavy (non-hydrogen) atoms. The summed E-state index contributed by atoms with van der Waals surface area (Å²) in [5.41, 5.74) is 4.89. The van der Waals surface area contributed by atoms with Gasteiger partial charge in [-0.3, -0.25) is 4.79 Å². The smallest absolute Gasteiger partial charge is 0.245 e. The van der Waals surface area contributed by atoms with Gasteiger partial charge in [-0.1, -0.05) is 43.7 Å². The molecule has 4 fully saturated rings. The fourth-order valence-electron chi connectivity index (χ4n) is 9.97. The Morgan fingerprint density at radius 2 is 1.51 bits per heavy atom. The Labute approximate surface area is 270 Å². The number of sulfone groups is 1. The number of likely N-dealkylation sites (tertiary alicyclic amines) is 2. The van der Waals surface area contributed by atoms with Crippen molar-refractivity contribution in [3.05, 3.63) is 72.3 Å². The molecule has 1 amide bonds. The van der Waals surface area contributed by atoms with Gasteiger partial charge >= 0.3 is 0 Å². The molecule has 0 radical (unpaired) electrons. The summed E-state index contributed by atoms with van der Waals surface area (Å²) in [7, 11) is -3.41. The summed E-state index contributed by atoms with van der Waals surface area (Å²) in [6.45, 7) is 10.2. The molecule has 3 saturated heterocycles. The van der Waals surface area contributed by atoms with Gasteiger partial charge < -0.3 is 14.7 Å². The van der Waals surface area contributed by atoms with Crippen molar-refractivity contribution in [2.24, 2.45) is 17.8 Å². The van der Waals surface area contributed by atoms with Crippen LogP contribution in [0.1, 0.15) is 75.3 Å². The third kappa shape index (κ3) is 5.88. The highest BCUT2D eigenvalue weighted by molar-refractivity contribution is 7.92. The van der Waals surface area contributed by atoms with Gasteiger partial charge in [0.25, 0.3) is 0 Å². The van der Waals surface area contributed by atoms with Crippen LogP contribution in [0.25, 0.3) is 0 Å². The minimum absolute atomic E-state index is 0.120. The van der Waals surface area contributed by atoms with Crippen LogP contribution in [0.4, 0.5) is 5.69 Å². The van der Waals surface area contributed by atoms with E-state index in [-0.39, 0.29) is 5.91 Å². The van der Waals surface area contributed by atoms with Gasteiger partial charge in [0.1, 0.15) is 0 Å². The quantitative estimate of drug-likeness (QED) is 0.323. The summed E-state index contributed by atoms with van der Waals surface area (Å²) in [4.78, 5) is 19.1. The molecule has 0 N–H and O–H groups in total. The summed E-state index contributed by atoms with van der Waals surface area (Å²) in [6, 6.07) is 17.0. The number of amides is 1. The van der Waals surface area contributed by atoms with Crippen molar-refractivity contribution < 1.29 is 13.2 Å². The Morgan fingerprint density at radius 3 is 2.20 bits per heavy atom. The molecule has 3 aliphatic heterocycles. The summed E-state index contributed by atoms with van der Waals surface area (Å²) in [5, 5.41) is -0.435. The zero-order chi connectivity index (χ0) is 31.0. The molecule has 0 spiro atoms. The van der Waals surface area contributed by atoms with Gasteiger partial charge in [-0.15, -0.1) is 0 Å². The van der Waals surface area contributed by atoms with E-state index in [2.05, 4.69) is 40.6 Å². The normalized spacial score (nSPS) is 26.0. The van der Waals surface area contributed by atoms with E-state index < -0.39 is 15.1 Å². The van der Waals surface area contributed by atoms with Crippen molar-refractivity contribution in [2.75, 3.05) is 50.7 Å². The highest BCUT2D eigenvalue weighted by atomic mass is 32.2. The molecule has 0 aromatic heterocycles. The highest BCUT2D eigenvalue weighted by Crippen LogP contribution is 2.55. The minimum Gasteiger partial charge on any atom is -0.371 e. The van der Waals surface area contributed by atoms with Gasteiger partial charge in [-0.05, 0) is 124 Å². The fourth-order valence-corrected chi connectivity index (χ4v) is 11.7. The first-order valence-electron chi connectivity index (χ1n) is 17.7. The van der Waals surface area contributed by atoms with E-state index in [0.29, 0.717) is 42.2 Å². The molecule has 3 heterocycles. The molecule has 7 rings (SSSR count). The first-order chi connectivity index (χ1) is 21.9. The largest absolute Gasteiger partial charge is 0.371 e. The second kappa shape index (κ2) is 12.9. The summed E-state index contributed by atoms with van der Waals surface area (Å²) >= 11 is 0. The predicted molar refractivity (Wildman–Crippen MR) is 181 cm³/mol. The molecular formula is C38H51N3O3S. The van der Waals surface area contributed by atoms with Crippen molar-refractivity contribution in [2.45, 2.75) is 86.2 Å². The van der Waals surface area contributed by atoms with Crippen molar-refractivity contribution in [1.82, 2.24) is 9.80 Å². The molecule has 2 aliphatic carbocycles. The monoisotopic (exact) mass is 629 g/mol. The average molecular weight is 630 g/mol. The van der Waals surface area contributed by atoms with E-state index in [1.54, 1.807) is 28.2 Å². The Bertz CT molecular complexity index is 1460. The van der Waals surface area contributed by atoms with E-state index in [1.807, 2.05) is 12.1 Å². The van der Waals surface area contributed by atoms with Crippen molar-refractivity contribution in [3.63, 3.8) is 0 Å². The first-order valence-corrected chi connectivity index (χ1v) is 19.2. The molecule has 0 bridgehead atoms. The number of hydrogen-bond acceptors (Lipinski definition) is 5. The van der Waals surface area contributed by atoms with E-state index in [1.165, 1.54) is 83.5 Å². The number of hydrogen-bond donors (Lipinski definition) is 0. The summed E-state index contributed by atoms with van der Waals surface area (Å²) < 4.78 is 26.6. The number of benzene rings is 2. The predicted octanol–water partition coefficient (Wildman–Crippen LogP) is 6.25. The topological polar surface area (TPSA) is 60.9 Å². The number of carbonyl (C=O) groups is 1. The van der Waals surface area contributed by atoms with Gasteiger partial charge in [0.2, 0.25) is 5.91 Å². The van der Waals surface area contributed by atoms with Crippen LogP contribution in [0.3, 0.4) is 0 Å². The van der Waals surface area contributed by atoms with Crippen molar-refractivity contribution >= 4 is 21.4 Å². The van der Waals surface area contributed by atoms with E-state index >= 15 is 0 Å². The molecule has 2 aromatic rings. The first kappa shape index (κ1) is 31.0. The van der Waals surface area contributed by atoms with Crippen LogP contribution < -0.4 is 4.90 Å². The second-order valence-corrected chi connectivity index (χ2v) is 16.9. The van der Waals surface area contributed by atoms with E-state index in [9.17, 15) is 13.2 Å². The van der Waals surface area contributed by atoms with E-state index in [4.69, 9.17) is 0 Å². The molecular weight excluding hydrogens is 579 g/mol. The summed E-state index contributed by atoms with van der Waals surface area (Å²) in [5.74, 6) is 2.24. The van der Waals surface area contributed by atoms with Crippen LogP contribution in [0.5, 0.6) is 0 Å². The number of fused-ring (bicyclic) bond motifs is 1. The van der Waals surface area contributed by atoms with Gasteiger partial charge in [-0.2, -0.15) is 0 Å². The van der Waals surface area contributed by atoms with Crippen molar-refractivity contribution in [1.29, 1.82) is 0 Å². The molecule has 7 heteroatoms. The molecule has 242 valence electrons. The maximum atomic E-state index is 13.3. The Balaban J connectivity index is 0.914. The number of nitrogens with zero attached hydrogens (tertiary/aromatic N) is 3. The lowest BCUT2D eigenvalue weighted by molar-refractivity contribution is -0.126. The lowest BCUT2D eigenvalue weighted by Crippen LogP contribution is -2.54. The third-order valence-electron chi connectivity index (χ3n) is 12.3. The lowest BCUT2D eigenvalue weighted by Gasteiger charge is -2.52. The van der Waals surface area contributed by atoms with Crippen LogP contribution in [0.15, 0.2) is 66.1 Å². The maximum absolute atomic E-state index is 13.3. The standard InChI is InChI=1S/C38H51N3O3S/c1-2-37(42)40-24-19-35(20-25-40)45(43,44)34-15-13-33(14-16-34)41-27-29(28-41)26-39-22-17-32(18-23-39)38(31-10-4-5-11-31)21-7-9-30-8-3-6-12-36(30)38/h2-3,6,8,12-16,29,31-32,35H,1,4-5,7,9-11,17-28H2.